The molecule has 1 atom stereocenters. The maximum Gasteiger partial charge on any atom is 0.254 e. The number of hydrogen-bond acceptors (Lipinski definition) is 2. The first-order valence-electron chi connectivity index (χ1n) is 5.83. The van der Waals surface area contributed by atoms with E-state index in [0.29, 0.717) is 6.42 Å². The summed E-state index contributed by atoms with van der Waals surface area (Å²) in [7, 11) is 0. The fraction of sp³-hybridized carbons (Fsp3) is 0.462. The molecule has 1 unspecified atom stereocenters. The standard InChI is InChI=1S/C13H17F2NO2/c1-8(2)11(6-7-17)16-13(18)9-4-3-5-10(14)12(9)15/h3-5,8,11,17H,6-7H2,1-2H3,(H,16,18). The van der Waals surface area contributed by atoms with Gasteiger partial charge in [-0.2, -0.15) is 0 Å². The van der Waals surface area contributed by atoms with Crippen LogP contribution in [-0.4, -0.2) is 23.7 Å². The zero-order chi connectivity index (χ0) is 13.7. The van der Waals surface area contributed by atoms with E-state index >= 15 is 0 Å². The van der Waals surface area contributed by atoms with Crippen LogP contribution in [0.25, 0.3) is 0 Å². The van der Waals surface area contributed by atoms with Crippen LogP contribution in [-0.2, 0) is 0 Å². The van der Waals surface area contributed by atoms with E-state index in [1.165, 1.54) is 12.1 Å². The van der Waals surface area contributed by atoms with Gasteiger partial charge in [0.1, 0.15) is 0 Å². The molecule has 0 spiro atoms. The van der Waals surface area contributed by atoms with Crippen LogP contribution in [0.1, 0.15) is 30.6 Å². The number of hydrogen-bond donors (Lipinski definition) is 2. The van der Waals surface area contributed by atoms with Crippen LogP contribution < -0.4 is 5.32 Å². The third-order valence-corrected chi connectivity index (χ3v) is 2.76. The Morgan fingerprint density at radius 3 is 2.61 bits per heavy atom. The Balaban J connectivity index is 2.84. The normalized spacial score (nSPS) is 12.6. The maximum atomic E-state index is 13.4. The van der Waals surface area contributed by atoms with E-state index in [-0.39, 0.29) is 24.1 Å². The van der Waals surface area contributed by atoms with Crippen LogP contribution in [0.5, 0.6) is 0 Å². The lowest BCUT2D eigenvalue weighted by molar-refractivity contribution is 0.0911. The van der Waals surface area contributed by atoms with Gasteiger partial charge in [-0.25, -0.2) is 8.78 Å². The van der Waals surface area contributed by atoms with Gasteiger partial charge in [0.25, 0.3) is 5.91 Å². The summed E-state index contributed by atoms with van der Waals surface area (Å²) < 4.78 is 26.4. The summed E-state index contributed by atoms with van der Waals surface area (Å²) in [4.78, 5) is 11.8. The highest BCUT2D eigenvalue weighted by Crippen LogP contribution is 2.13. The third kappa shape index (κ3) is 3.50. The molecule has 0 aliphatic rings. The molecule has 0 saturated heterocycles. The molecule has 1 aromatic rings. The lowest BCUT2D eigenvalue weighted by Gasteiger charge is -2.21. The molecule has 1 aromatic carbocycles. The van der Waals surface area contributed by atoms with Gasteiger partial charge in [-0.05, 0) is 24.5 Å². The quantitative estimate of drug-likeness (QED) is 0.848. The number of halogens is 2. The Morgan fingerprint density at radius 1 is 1.39 bits per heavy atom. The Labute approximate surface area is 105 Å². The van der Waals surface area contributed by atoms with Gasteiger partial charge in [0, 0.05) is 12.6 Å². The van der Waals surface area contributed by atoms with Gasteiger partial charge in [0.05, 0.1) is 5.56 Å². The Bertz CT molecular complexity index is 421. The highest BCUT2D eigenvalue weighted by molar-refractivity contribution is 5.94. The van der Waals surface area contributed by atoms with E-state index in [0.717, 1.165) is 6.07 Å². The van der Waals surface area contributed by atoms with Gasteiger partial charge in [0.15, 0.2) is 11.6 Å². The van der Waals surface area contributed by atoms with Crippen molar-refractivity contribution in [2.45, 2.75) is 26.3 Å². The van der Waals surface area contributed by atoms with E-state index in [1.54, 1.807) is 0 Å². The van der Waals surface area contributed by atoms with Gasteiger partial charge in [-0.1, -0.05) is 19.9 Å². The van der Waals surface area contributed by atoms with Crippen molar-refractivity contribution in [2.24, 2.45) is 5.92 Å². The smallest absolute Gasteiger partial charge is 0.254 e. The summed E-state index contributed by atoms with van der Waals surface area (Å²) in [6.45, 7) is 3.68. The molecule has 0 aromatic heterocycles. The lowest BCUT2D eigenvalue weighted by Crippen LogP contribution is -2.39. The Kier molecular flexibility index (Phi) is 5.22. The lowest BCUT2D eigenvalue weighted by atomic mass is 10.0. The molecule has 5 heteroatoms. The van der Waals surface area contributed by atoms with Crippen LogP contribution in [0.2, 0.25) is 0 Å². The predicted octanol–water partition coefficient (Wildman–Crippen LogP) is 2.10. The minimum atomic E-state index is -1.15. The summed E-state index contributed by atoms with van der Waals surface area (Å²) in [6.07, 6.45) is 0.375. The summed E-state index contributed by atoms with van der Waals surface area (Å²) in [6, 6.07) is 3.19. The molecule has 100 valence electrons. The number of carbonyl (C=O) groups excluding carboxylic acids is 1. The highest BCUT2D eigenvalue weighted by atomic mass is 19.2. The molecule has 0 fully saturated rings. The number of amides is 1. The first kappa shape index (κ1) is 14.6. The molecule has 1 amide bonds. The van der Waals surface area contributed by atoms with E-state index < -0.39 is 17.5 Å². The summed E-state index contributed by atoms with van der Waals surface area (Å²) in [5, 5.41) is 11.5. The molecule has 2 N–H and O–H groups in total. The average Bonchev–Trinajstić information content (AvgIpc) is 2.31. The van der Waals surface area contributed by atoms with Crippen molar-refractivity contribution >= 4 is 5.91 Å². The van der Waals surface area contributed by atoms with Crippen LogP contribution in [0.4, 0.5) is 8.78 Å². The topological polar surface area (TPSA) is 49.3 Å². The average molecular weight is 257 g/mol. The number of rotatable bonds is 5. The molecule has 0 aliphatic carbocycles. The molecule has 3 nitrogen and oxygen atoms in total. The number of aliphatic hydroxyl groups excluding tert-OH is 1. The Morgan fingerprint density at radius 2 is 2.06 bits per heavy atom. The fourth-order valence-electron chi connectivity index (χ4n) is 1.64. The number of benzene rings is 1. The highest BCUT2D eigenvalue weighted by Gasteiger charge is 2.20. The van der Waals surface area contributed by atoms with E-state index in [2.05, 4.69) is 5.32 Å². The predicted molar refractivity (Wildman–Crippen MR) is 64.2 cm³/mol. The number of nitrogens with one attached hydrogen (secondary N) is 1. The largest absolute Gasteiger partial charge is 0.396 e. The molecule has 1 rings (SSSR count). The monoisotopic (exact) mass is 257 g/mol. The molecule has 0 saturated carbocycles. The van der Waals surface area contributed by atoms with E-state index in [9.17, 15) is 13.6 Å². The summed E-state index contributed by atoms with van der Waals surface area (Å²) >= 11 is 0. The fourth-order valence-corrected chi connectivity index (χ4v) is 1.64. The van der Waals surface area contributed by atoms with Gasteiger partial charge >= 0.3 is 0 Å². The number of aliphatic hydroxyl groups is 1. The second-order valence-corrected chi connectivity index (χ2v) is 4.44. The van der Waals surface area contributed by atoms with Gasteiger partial charge in [-0.3, -0.25) is 4.79 Å². The first-order valence-corrected chi connectivity index (χ1v) is 5.83. The second-order valence-electron chi connectivity index (χ2n) is 4.44. The van der Waals surface area contributed by atoms with Crippen molar-refractivity contribution in [2.75, 3.05) is 6.61 Å². The van der Waals surface area contributed by atoms with Crippen LogP contribution in [0.3, 0.4) is 0 Å². The summed E-state index contributed by atoms with van der Waals surface area (Å²) in [5.74, 6) is -2.77. The van der Waals surface area contributed by atoms with Crippen LogP contribution in [0, 0.1) is 17.6 Å². The molecule has 0 bridgehead atoms. The van der Waals surface area contributed by atoms with Gasteiger partial charge < -0.3 is 10.4 Å². The second kappa shape index (κ2) is 6.44. The molecule has 0 radical (unpaired) electrons. The SMILES string of the molecule is CC(C)C(CCO)NC(=O)c1cccc(F)c1F. The zero-order valence-corrected chi connectivity index (χ0v) is 10.4. The van der Waals surface area contributed by atoms with E-state index in [1.807, 2.05) is 13.8 Å². The Hall–Kier alpha value is -1.49. The van der Waals surface area contributed by atoms with Crippen molar-refractivity contribution < 1.29 is 18.7 Å². The van der Waals surface area contributed by atoms with Crippen molar-refractivity contribution in [3.05, 3.63) is 35.4 Å². The van der Waals surface area contributed by atoms with Crippen molar-refractivity contribution in [1.29, 1.82) is 0 Å². The first-order chi connectivity index (χ1) is 8.47. The molecule has 0 heterocycles. The summed E-state index contributed by atoms with van der Waals surface area (Å²) in [5.41, 5.74) is -0.321. The van der Waals surface area contributed by atoms with Crippen molar-refractivity contribution in [1.82, 2.24) is 5.32 Å². The van der Waals surface area contributed by atoms with Crippen LogP contribution in [0.15, 0.2) is 18.2 Å². The van der Waals surface area contributed by atoms with Gasteiger partial charge in [0.2, 0.25) is 0 Å². The number of carbonyl (C=O) groups is 1. The molecular formula is C13H17F2NO2. The van der Waals surface area contributed by atoms with E-state index in [4.69, 9.17) is 5.11 Å². The van der Waals surface area contributed by atoms with Crippen molar-refractivity contribution in [3.8, 4) is 0 Å². The zero-order valence-electron chi connectivity index (χ0n) is 10.4. The minimum absolute atomic E-state index is 0.0746. The maximum absolute atomic E-state index is 13.4. The van der Waals surface area contributed by atoms with Crippen LogP contribution >= 0.6 is 0 Å². The van der Waals surface area contributed by atoms with Crippen molar-refractivity contribution in [3.63, 3.8) is 0 Å². The van der Waals surface area contributed by atoms with Gasteiger partial charge in [-0.15, -0.1) is 0 Å². The molecule has 18 heavy (non-hydrogen) atoms. The molecular weight excluding hydrogens is 240 g/mol. The minimum Gasteiger partial charge on any atom is -0.396 e. The molecule has 0 aliphatic heterocycles. The third-order valence-electron chi connectivity index (χ3n) is 2.76.